The van der Waals surface area contributed by atoms with Gasteiger partial charge in [0.05, 0.1) is 11.2 Å². The standard InChI is InChI=1S/C31H47B4FN4O11/c1-17-8-7-9-21(22(17)29(34,47)40(16-42)27(45,23(43)37-6)31(35,50)26(32,44)15-41)38-28(33,46)19-11-10-18(12-20(19)36)30(48,49)39-13-24(2,3)51-25(4,5)14-39/h7-12,15-16,38,44-50H,13-14,32-35H2,1-6H3,(H,37,43). The molecule has 276 valence electrons. The van der Waals surface area contributed by atoms with Gasteiger partial charge in [-0.3, -0.25) is 14.5 Å². The Balaban J connectivity index is 2.12. The molecular formula is C31H47B4FN4O11. The lowest BCUT2D eigenvalue weighted by Gasteiger charge is -2.54. The van der Waals surface area contributed by atoms with Gasteiger partial charge in [0.2, 0.25) is 12.1 Å². The molecule has 1 heterocycles. The first-order valence-electron chi connectivity index (χ1n) is 16.1. The van der Waals surface area contributed by atoms with Gasteiger partial charge in [0.1, 0.15) is 34.4 Å². The first-order chi connectivity index (χ1) is 23.0. The van der Waals surface area contributed by atoms with Gasteiger partial charge in [-0.25, -0.2) is 9.29 Å². The summed E-state index contributed by atoms with van der Waals surface area (Å²) in [5, 5.41) is 84.7. The van der Waals surface area contributed by atoms with Gasteiger partial charge in [0.15, 0.2) is 31.4 Å². The Bertz CT molecular complexity index is 1660. The molecule has 15 nitrogen and oxygen atoms in total. The lowest BCUT2D eigenvalue weighted by Crippen LogP contribution is -2.81. The first kappa shape index (κ1) is 42.1. The smallest absolute Gasteiger partial charge is 0.275 e. The maximum absolute atomic E-state index is 15.9. The van der Waals surface area contributed by atoms with Crippen LogP contribution in [0.25, 0.3) is 0 Å². The van der Waals surface area contributed by atoms with Gasteiger partial charge >= 0.3 is 0 Å². The minimum atomic E-state index is -3.52. The van der Waals surface area contributed by atoms with Crippen LogP contribution < -0.4 is 10.6 Å². The number of hydrogen-bond donors (Lipinski definition) is 9. The zero-order valence-electron chi connectivity index (χ0n) is 30.6. The molecule has 0 aliphatic carbocycles. The number of carbonyl (C=O) groups is 3. The number of nitrogens with zero attached hydrogens (tertiary/aromatic N) is 2. The average molecular weight is 714 g/mol. The number of halogens is 1. The highest BCUT2D eigenvalue weighted by atomic mass is 19.1. The number of anilines is 1. The maximum atomic E-state index is 15.9. The van der Waals surface area contributed by atoms with Crippen molar-refractivity contribution in [2.75, 3.05) is 25.5 Å². The summed E-state index contributed by atoms with van der Waals surface area (Å²) in [6.07, 6.45) is -0.333. The van der Waals surface area contributed by atoms with Crippen molar-refractivity contribution in [1.82, 2.24) is 15.1 Å². The number of aryl methyl sites for hydroxylation is 1. The quantitative estimate of drug-likeness (QED) is 0.0536. The van der Waals surface area contributed by atoms with Gasteiger partial charge in [-0.2, -0.15) is 0 Å². The summed E-state index contributed by atoms with van der Waals surface area (Å²) in [6, 6.07) is 7.48. The number of amides is 2. The molecule has 1 saturated heterocycles. The van der Waals surface area contributed by atoms with E-state index in [1.54, 1.807) is 27.7 Å². The summed E-state index contributed by atoms with van der Waals surface area (Å²) < 4.78 is 21.9. The molecule has 0 radical (unpaired) electrons. The highest BCUT2D eigenvalue weighted by Crippen LogP contribution is 2.42. The van der Waals surface area contributed by atoms with E-state index in [0.29, 0.717) is 7.85 Å². The van der Waals surface area contributed by atoms with Gasteiger partial charge in [0.25, 0.3) is 11.8 Å². The number of nitrogens with one attached hydrogen (secondary N) is 2. The Kier molecular flexibility index (Phi) is 11.2. The number of hydrogen-bond acceptors (Lipinski definition) is 13. The third-order valence-electron chi connectivity index (χ3n) is 9.50. The molecule has 3 rings (SSSR count). The molecule has 20 heteroatoms. The number of morpholine rings is 1. The summed E-state index contributed by atoms with van der Waals surface area (Å²) in [4.78, 5) is 39.1. The molecular weight excluding hydrogens is 667 g/mol. The van der Waals surface area contributed by atoms with Crippen molar-refractivity contribution in [3.05, 3.63) is 64.5 Å². The van der Waals surface area contributed by atoms with Crippen molar-refractivity contribution in [1.29, 1.82) is 0 Å². The van der Waals surface area contributed by atoms with Crippen LogP contribution in [0.4, 0.5) is 10.1 Å². The molecule has 2 aromatic carbocycles. The average Bonchev–Trinajstić information content (AvgIpc) is 2.98. The van der Waals surface area contributed by atoms with E-state index in [9.17, 15) is 50.1 Å². The van der Waals surface area contributed by atoms with Crippen LogP contribution in [0.5, 0.6) is 0 Å². The van der Waals surface area contributed by atoms with E-state index in [0.717, 1.165) is 42.7 Å². The van der Waals surface area contributed by atoms with Crippen LogP contribution in [0, 0.1) is 12.7 Å². The third kappa shape index (κ3) is 7.47. The van der Waals surface area contributed by atoms with Crippen LogP contribution in [0.1, 0.15) is 49.9 Å². The lowest BCUT2D eigenvalue weighted by atomic mass is 9.53. The molecule has 1 fully saturated rings. The Hall–Kier alpha value is -3.32. The highest BCUT2D eigenvalue weighted by Gasteiger charge is 2.66. The van der Waals surface area contributed by atoms with E-state index >= 15 is 4.39 Å². The topological polar surface area (TPSA) is 233 Å². The molecule has 2 amide bonds. The van der Waals surface area contributed by atoms with E-state index in [2.05, 4.69) is 10.6 Å². The van der Waals surface area contributed by atoms with Gasteiger partial charge < -0.3 is 55.9 Å². The lowest BCUT2D eigenvalue weighted by molar-refractivity contribution is -0.321. The predicted octanol–water partition coefficient (Wildman–Crippen LogP) is -5.56. The number of likely N-dealkylation sites (N-methyl/N-ethyl adjacent to an activating group) is 1. The van der Waals surface area contributed by atoms with Crippen molar-refractivity contribution in [3.63, 3.8) is 0 Å². The molecule has 1 aliphatic heterocycles. The Labute approximate surface area is 299 Å². The fourth-order valence-electron chi connectivity index (χ4n) is 6.86. The second-order valence-corrected chi connectivity index (χ2v) is 15.1. The summed E-state index contributed by atoms with van der Waals surface area (Å²) in [5.74, 6) is -5.18. The predicted molar refractivity (Wildman–Crippen MR) is 193 cm³/mol. The Morgan fingerprint density at radius 1 is 0.961 bits per heavy atom. The largest absolute Gasteiger partial charge is 0.391 e. The summed E-state index contributed by atoms with van der Waals surface area (Å²) >= 11 is 0. The number of aliphatic hydroxyl groups is 7. The molecule has 0 bridgehead atoms. The molecule has 5 atom stereocenters. The first-order valence-corrected chi connectivity index (χ1v) is 16.1. The van der Waals surface area contributed by atoms with Gasteiger partial charge in [0, 0.05) is 42.5 Å². The SMILES string of the molecule is BC(O)(Nc1cccc(C)c1C(B)(O)N(C=O)C(O)(C(=O)NC)C(B)(O)C(B)(O)C=O)c1ccc(C(O)(O)N2CC(C)(C)OC(C)(C)C2)cc1F. The van der Waals surface area contributed by atoms with Crippen LogP contribution in [0.2, 0.25) is 0 Å². The number of rotatable bonds is 13. The van der Waals surface area contributed by atoms with E-state index < -0.39 is 56.8 Å². The van der Waals surface area contributed by atoms with Crippen molar-refractivity contribution in [2.45, 2.75) is 79.7 Å². The van der Waals surface area contributed by atoms with Crippen LogP contribution >= 0.6 is 0 Å². The monoisotopic (exact) mass is 714 g/mol. The van der Waals surface area contributed by atoms with E-state index in [1.807, 2.05) is 0 Å². The van der Waals surface area contributed by atoms with Crippen LogP contribution in [0.15, 0.2) is 36.4 Å². The van der Waals surface area contributed by atoms with Crippen LogP contribution in [-0.2, 0) is 36.3 Å². The number of ether oxygens (including phenoxy) is 1. The third-order valence-corrected chi connectivity index (χ3v) is 9.50. The molecule has 9 N–H and O–H groups in total. The molecule has 2 aromatic rings. The summed E-state index contributed by atoms with van der Waals surface area (Å²) in [7, 11) is 4.66. The van der Waals surface area contributed by atoms with Gasteiger partial charge in [-0.15, -0.1) is 0 Å². The Morgan fingerprint density at radius 3 is 1.98 bits per heavy atom. The fraction of sp³-hybridized carbons (Fsp3) is 0.516. The fourth-order valence-corrected chi connectivity index (χ4v) is 6.86. The second-order valence-electron chi connectivity index (χ2n) is 15.1. The Morgan fingerprint density at radius 2 is 1.51 bits per heavy atom. The molecule has 51 heavy (non-hydrogen) atoms. The molecule has 0 aromatic heterocycles. The maximum Gasteiger partial charge on any atom is 0.275 e. The van der Waals surface area contributed by atoms with E-state index in [4.69, 9.17) is 4.74 Å². The number of aldehydes is 1. The zero-order chi connectivity index (χ0) is 39.4. The van der Waals surface area contributed by atoms with Crippen molar-refractivity contribution in [2.24, 2.45) is 0 Å². The van der Waals surface area contributed by atoms with Crippen LogP contribution in [-0.4, -0.2) is 144 Å². The normalized spacial score (nSPS) is 22.1. The van der Waals surface area contributed by atoms with Crippen molar-refractivity contribution >= 4 is 55.7 Å². The van der Waals surface area contributed by atoms with Crippen LogP contribution in [0.3, 0.4) is 0 Å². The summed E-state index contributed by atoms with van der Waals surface area (Å²) in [5.41, 5.74) is -17.0. The zero-order valence-corrected chi connectivity index (χ0v) is 30.6. The second kappa shape index (κ2) is 13.6. The minimum Gasteiger partial charge on any atom is -0.391 e. The van der Waals surface area contributed by atoms with Gasteiger partial charge in [-0.1, -0.05) is 24.3 Å². The van der Waals surface area contributed by atoms with Crippen molar-refractivity contribution < 1.29 is 59.3 Å². The molecule has 0 spiro atoms. The van der Waals surface area contributed by atoms with Crippen molar-refractivity contribution in [3.8, 4) is 0 Å². The summed E-state index contributed by atoms with van der Waals surface area (Å²) in [6.45, 7) is 8.79. The number of carbonyl (C=O) groups excluding carboxylic acids is 3. The number of benzene rings is 2. The van der Waals surface area contributed by atoms with E-state index in [-0.39, 0.29) is 58.6 Å². The van der Waals surface area contributed by atoms with E-state index in [1.165, 1.54) is 36.1 Å². The minimum absolute atomic E-state index is 0.0943. The molecule has 1 aliphatic rings. The molecule has 5 unspecified atom stereocenters. The highest BCUT2D eigenvalue weighted by molar-refractivity contribution is 6.33. The molecule has 0 saturated carbocycles. The van der Waals surface area contributed by atoms with Gasteiger partial charge in [-0.05, 0) is 52.3 Å².